The first-order chi connectivity index (χ1) is 13.4. The zero-order valence-corrected chi connectivity index (χ0v) is 17.0. The minimum Gasteiger partial charge on any atom is -0.493 e. The molecule has 0 spiro atoms. The third-order valence-electron chi connectivity index (χ3n) is 5.96. The fourth-order valence-corrected chi connectivity index (χ4v) is 4.36. The molecule has 1 aromatic carbocycles. The number of hydrogen-bond acceptors (Lipinski definition) is 6. The molecule has 0 radical (unpaired) electrons. The summed E-state index contributed by atoms with van der Waals surface area (Å²) in [5.41, 5.74) is 0.0374. The molecule has 2 aliphatic rings. The Labute approximate surface area is 165 Å². The van der Waals surface area contributed by atoms with Gasteiger partial charge in [-0.25, -0.2) is 4.79 Å². The maximum Gasteiger partial charge on any atom is 0.409 e. The Bertz CT molecular complexity index is 730. The van der Waals surface area contributed by atoms with Crippen LogP contribution in [-0.2, 0) is 14.3 Å². The molecule has 1 aliphatic carbocycles. The molecule has 2 atom stereocenters. The summed E-state index contributed by atoms with van der Waals surface area (Å²) in [7, 11) is 4.32. The lowest BCUT2D eigenvalue weighted by Gasteiger charge is -2.28. The van der Waals surface area contributed by atoms with Gasteiger partial charge in [-0.05, 0) is 50.3 Å². The number of likely N-dealkylation sites (tertiary alicyclic amines) is 1. The topological polar surface area (TPSA) is 74.3 Å². The molecule has 1 amide bonds. The Morgan fingerprint density at radius 3 is 2.39 bits per heavy atom. The summed E-state index contributed by atoms with van der Waals surface area (Å²) in [5.74, 6) is 0.753. The van der Waals surface area contributed by atoms with Gasteiger partial charge < -0.3 is 23.8 Å². The molecule has 1 aromatic rings. The highest BCUT2D eigenvalue weighted by atomic mass is 16.5. The SMILES string of the molecule is COC(=O)N1CC(c2ccc(OC)c(OC3CCCC3)c2)C(C)(C(=O)OC)C1. The van der Waals surface area contributed by atoms with Gasteiger partial charge in [-0.1, -0.05) is 6.07 Å². The quantitative estimate of drug-likeness (QED) is 0.717. The minimum absolute atomic E-state index is 0.186. The second-order valence-corrected chi connectivity index (χ2v) is 7.75. The highest BCUT2D eigenvalue weighted by Gasteiger charge is 2.52. The predicted octanol–water partition coefficient (Wildman–Crippen LogP) is 3.36. The Morgan fingerprint density at radius 1 is 1.07 bits per heavy atom. The average molecular weight is 391 g/mol. The largest absolute Gasteiger partial charge is 0.493 e. The van der Waals surface area contributed by atoms with E-state index in [2.05, 4.69) is 0 Å². The first-order valence-electron chi connectivity index (χ1n) is 9.68. The summed E-state index contributed by atoms with van der Waals surface area (Å²) < 4.78 is 21.6. The first-order valence-corrected chi connectivity index (χ1v) is 9.68. The van der Waals surface area contributed by atoms with Crippen LogP contribution >= 0.6 is 0 Å². The van der Waals surface area contributed by atoms with Gasteiger partial charge >= 0.3 is 12.1 Å². The lowest BCUT2D eigenvalue weighted by Crippen LogP contribution is -2.37. The van der Waals surface area contributed by atoms with Crippen molar-refractivity contribution < 1.29 is 28.5 Å². The van der Waals surface area contributed by atoms with Crippen molar-refractivity contribution in [3.63, 3.8) is 0 Å². The fourth-order valence-electron chi connectivity index (χ4n) is 4.36. The van der Waals surface area contributed by atoms with Crippen molar-refractivity contribution in [1.82, 2.24) is 4.90 Å². The number of benzene rings is 1. The van der Waals surface area contributed by atoms with Crippen molar-refractivity contribution >= 4 is 12.1 Å². The van der Waals surface area contributed by atoms with Crippen molar-refractivity contribution in [1.29, 1.82) is 0 Å². The van der Waals surface area contributed by atoms with Crippen molar-refractivity contribution in [3.8, 4) is 11.5 Å². The monoisotopic (exact) mass is 391 g/mol. The molecule has 2 unspecified atom stereocenters. The van der Waals surface area contributed by atoms with Gasteiger partial charge in [-0.2, -0.15) is 0 Å². The molecule has 1 heterocycles. The Hall–Kier alpha value is -2.44. The number of carbonyl (C=O) groups excluding carboxylic acids is 2. The molecule has 2 fully saturated rings. The molecule has 28 heavy (non-hydrogen) atoms. The van der Waals surface area contributed by atoms with Gasteiger partial charge in [-0.3, -0.25) is 4.79 Å². The van der Waals surface area contributed by atoms with E-state index in [1.54, 1.807) is 12.0 Å². The number of hydrogen-bond donors (Lipinski definition) is 0. The van der Waals surface area contributed by atoms with Crippen LogP contribution in [0.2, 0.25) is 0 Å². The third kappa shape index (κ3) is 3.75. The zero-order valence-electron chi connectivity index (χ0n) is 17.0. The number of rotatable bonds is 5. The average Bonchev–Trinajstić information content (AvgIpc) is 3.35. The van der Waals surface area contributed by atoms with Gasteiger partial charge in [0, 0.05) is 19.0 Å². The molecule has 154 valence electrons. The van der Waals surface area contributed by atoms with Crippen LogP contribution in [0.15, 0.2) is 18.2 Å². The molecule has 3 rings (SSSR count). The molecule has 1 aliphatic heterocycles. The highest BCUT2D eigenvalue weighted by Crippen LogP contribution is 2.46. The van der Waals surface area contributed by atoms with E-state index < -0.39 is 11.5 Å². The van der Waals surface area contributed by atoms with Crippen molar-refractivity contribution in [2.24, 2.45) is 5.41 Å². The van der Waals surface area contributed by atoms with Crippen molar-refractivity contribution in [2.45, 2.75) is 44.6 Å². The van der Waals surface area contributed by atoms with E-state index in [1.165, 1.54) is 27.1 Å². The minimum atomic E-state index is -0.873. The van der Waals surface area contributed by atoms with E-state index in [-0.39, 0.29) is 24.5 Å². The molecule has 0 N–H and O–H groups in total. The van der Waals surface area contributed by atoms with Gasteiger partial charge in [0.15, 0.2) is 11.5 Å². The molecule has 1 saturated heterocycles. The molecule has 1 saturated carbocycles. The van der Waals surface area contributed by atoms with Crippen LogP contribution in [0.25, 0.3) is 0 Å². The Balaban J connectivity index is 1.94. The van der Waals surface area contributed by atoms with E-state index in [4.69, 9.17) is 18.9 Å². The second kappa shape index (κ2) is 8.29. The molecular weight excluding hydrogens is 362 g/mol. The summed E-state index contributed by atoms with van der Waals surface area (Å²) >= 11 is 0. The lowest BCUT2D eigenvalue weighted by atomic mass is 9.76. The molecule has 7 heteroatoms. The van der Waals surface area contributed by atoms with E-state index in [1.807, 2.05) is 25.1 Å². The summed E-state index contributed by atoms with van der Waals surface area (Å²) in [6.07, 6.45) is 4.15. The van der Waals surface area contributed by atoms with Crippen LogP contribution in [0.4, 0.5) is 4.79 Å². The maximum atomic E-state index is 12.6. The van der Waals surface area contributed by atoms with E-state index in [9.17, 15) is 9.59 Å². The molecule has 7 nitrogen and oxygen atoms in total. The summed E-state index contributed by atoms with van der Waals surface area (Å²) in [6, 6.07) is 5.72. The van der Waals surface area contributed by atoms with Crippen LogP contribution in [0.5, 0.6) is 11.5 Å². The van der Waals surface area contributed by atoms with Crippen LogP contribution in [0.3, 0.4) is 0 Å². The van der Waals surface area contributed by atoms with Gasteiger partial charge in [0.05, 0.1) is 32.8 Å². The number of methoxy groups -OCH3 is 3. The van der Waals surface area contributed by atoms with Crippen molar-refractivity contribution in [2.75, 3.05) is 34.4 Å². The third-order valence-corrected chi connectivity index (χ3v) is 5.96. The number of esters is 1. The van der Waals surface area contributed by atoms with Crippen LogP contribution in [0, 0.1) is 5.41 Å². The number of ether oxygens (including phenoxy) is 4. The molecular formula is C21H29NO6. The van der Waals surface area contributed by atoms with E-state index in [0.29, 0.717) is 18.0 Å². The lowest BCUT2D eigenvalue weighted by molar-refractivity contribution is -0.151. The molecule has 0 bridgehead atoms. The number of carbonyl (C=O) groups is 2. The van der Waals surface area contributed by atoms with Gasteiger partial charge in [0.25, 0.3) is 0 Å². The summed E-state index contributed by atoms with van der Waals surface area (Å²) in [6.45, 7) is 2.43. The van der Waals surface area contributed by atoms with Gasteiger partial charge in [0.2, 0.25) is 0 Å². The predicted molar refractivity (Wildman–Crippen MR) is 103 cm³/mol. The highest BCUT2D eigenvalue weighted by molar-refractivity contribution is 5.81. The normalized spacial score (nSPS) is 24.9. The van der Waals surface area contributed by atoms with Gasteiger partial charge in [0.1, 0.15) is 0 Å². The van der Waals surface area contributed by atoms with Gasteiger partial charge in [-0.15, -0.1) is 0 Å². The first kappa shape index (κ1) is 20.3. The van der Waals surface area contributed by atoms with Crippen LogP contribution < -0.4 is 9.47 Å². The van der Waals surface area contributed by atoms with Crippen LogP contribution in [0.1, 0.15) is 44.1 Å². The Kier molecular flexibility index (Phi) is 6.01. The van der Waals surface area contributed by atoms with Crippen molar-refractivity contribution in [3.05, 3.63) is 23.8 Å². The standard InChI is InChI=1S/C21H29NO6/c1-21(19(23)26-3)13-22(20(24)27-4)12-16(21)14-9-10-17(25-2)18(11-14)28-15-7-5-6-8-15/h9-11,15-16H,5-8,12-13H2,1-4H3. The van der Waals surface area contributed by atoms with E-state index >= 15 is 0 Å². The molecule has 0 aromatic heterocycles. The maximum absolute atomic E-state index is 12.6. The smallest absolute Gasteiger partial charge is 0.409 e. The van der Waals surface area contributed by atoms with Crippen LogP contribution in [-0.4, -0.2) is 57.5 Å². The second-order valence-electron chi connectivity index (χ2n) is 7.75. The number of amides is 1. The summed E-state index contributed by atoms with van der Waals surface area (Å²) in [5, 5.41) is 0. The summed E-state index contributed by atoms with van der Waals surface area (Å²) in [4.78, 5) is 26.2. The Morgan fingerprint density at radius 2 is 1.79 bits per heavy atom. The fraction of sp³-hybridized carbons (Fsp3) is 0.619. The van der Waals surface area contributed by atoms with E-state index in [0.717, 1.165) is 18.4 Å². The zero-order chi connectivity index (χ0) is 20.3. The number of nitrogens with zero attached hydrogens (tertiary/aromatic N) is 1.